The number of aryl methyl sites for hydroxylation is 1. The molecule has 0 aliphatic rings. The van der Waals surface area contributed by atoms with E-state index in [1.54, 1.807) is 24.3 Å². The minimum Gasteiger partial charge on any atom is -0.340 e. The Bertz CT molecular complexity index is 891. The van der Waals surface area contributed by atoms with Crippen molar-refractivity contribution in [3.05, 3.63) is 102 Å². The van der Waals surface area contributed by atoms with Crippen molar-refractivity contribution in [1.82, 2.24) is 5.32 Å². The fraction of sp³-hybridized carbons (Fsp3) is 0.130. The third kappa shape index (κ3) is 5.28. The molecule has 27 heavy (non-hydrogen) atoms. The minimum absolute atomic E-state index is 0.244. The van der Waals surface area contributed by atoms with Gasteiger partial charge in [-0.2, -0.15) is 0 Å². The molecule has 0 aliphatic carbocycles. The van der Waals surface area contributed by atoms with Gasteiger partial charge < -0.3 is 10.6 Å². The van der Waals surface area contributed by atoms with Crippen molar-refractivity contribution in [3.8, 4) is 0 Å². The predicted molar refractivity (Wildman–Crippen MR) is 108 cm³/mol. The van der Waals surface area contributed by atoms with Gasteiger partial charge in [-0.1, -0.05) is 66.2 Å². The molecule has 0 aliphatic heterocycles. The molecule has 0 heterocycles. The average Bonchev–Trinajstić information content (AvgIpc) is 2.70. The van der Waals surface area contributed by atoms with Gasteiger partial charge in [-0.15, -0.1) is 0 Å². The van der Waals surface area contributed by atoms with E-state index >= 15 is 0 Å². The third-order valence-electron chi connectivity index (χ3n) is 4.26. The van der Waals surface area contributed by atoms with Gasteiger partial charge in [0.15, 0.2) is 0 Å². The van der Waals surface area contributed by atoms with Crippen LogP contribution in [0.3, 0.4) is 0 Å². The van der Waals surface area contributed by atoms with E-state index in [4.69, 9.17) is 0 Å². The SMILES string of the molecule is Cc1ccc(NC(=O)[C@@H](Cc2ccccc2)NC(=O)c2ccccc2)cc1. The van der Waals surface area contributed by atoms with Crippen LogP contribution in [-0.4, -0.2) is 17.9 Å². The molecule has 0 radical (unpaired) electrons. The average molecular weight is 358 g/mol. The molecule has 0 bridgehead atoms. The number of anilines is 1. The van der Waals surface area contributed by atoms with Gasteiger partial charge in [-0.05, 0) is 36.8 Å². The molecule has 0 fully saturated rings. The highest BCUT2D eigenvalue weighted by Crippen LogP contribution is 2.11. The van der Waals surface area contributed by atoms with Crippen molar-refractivity contribution < 1.29 is 9.59 Å². The van der Waals surface area contributed by atoms with Crippen LogP contribution in [-0.2, 0) is 11.2 Å². The Hall–Kier alpha value is -3.40. The lowest BCUT2D eigenvalue weighted by molar-refractivity contribution is -0.118. The zero-order valence-electron chi connectivity index (χ0n) is 15.2. The van der Waals surface area contributed by atoms with Gasteiger partial charge in [0, 0.05) is 17.7 Å². The largest absolute Gasteiger partial charge is 0.340 e. The summed E-state index contributed by atoms with van der Waals surface area (Å²) < 4.78 is 0. The van der Waals surface area contributed by atoms with Crippen molar-refractivity contribution in [1.29, 1.82) is 0 Å². The molecule has 4 nitrogen and oxygen atoms in total. The Morgan fingerprint density at radius 1 is 0.815 bits per heavy atom. The first-order valence-corrected chi connectivity index (χ1v) is 8.89. The van der Waals surface area contributed by atoms with Crippen molar-refractivity contribution >= 4 is 17.5 Å². The first-order chi connectivity index (χ1) is 13.1. The fourth-order valence-corrected chi connectivity index (χ4v) is 2.76. The third-order valence-corrected chi connectivity index (χ3v) is 4.26. The number of amides is 2. The number of carbonyl (C=O) groups excluding carboxylic acids is 2. The molecule has 0 aromatic heterocycles. The number of hydrogen-bond donors (Lipinski definition) is 2. The quantitative estimate of drug-likeness (QED) is 0.700. The van der Waals surface area contributed by atoms with E-state index in [1.807, 2.05) is 67.6 Å². The van der Waals surface area contributed by atoms with Crippen molar-refractivity contribution in [2.45, 2.75) is 19.4 Å². The summed E-state index contributed by atoms with van der Waals surface area (Å²) in [7, 11) is 0. The van der Waals surface area contributed by atoms with Crippen molar-refractivity contribution in [2.24, 2.45) is 0 Å². The molecule has 0 unspecified atom stereocenters. The highest BCUT2D eigenvalue weighted by molar-refractivity contribution is 6.01. The Balaban J connectivity index is 1.77. The maximum atomic E-state index is 12.8. The fourth-order valence-electron chi connectivity index (χ4n) is 2.76. The molecule has 3 rings (SSSR count). The maximum Gasteiger partial charge on any atom is 0.251 e. The summed E-state index contributed by atoms with van der Waals surface area (Å²) in [5.74, 6) is -0.512. The number of nitrogens with one attached hydrogen (secondary N) is 2. The summed E-state index contributed by atoms with van der Waals surface area (Å²) in [4.78, 5) is 25.4. The molecular weight excluding hydrogens is 336 g/mol. The molecule has 2 N–H and O–H groups in total. The molecule has 0 spiro atoms. The molecule has 3 aromatic rings. The zero-order chi connectivity index (χ0) is 19.1. The van der Waals surface area contributed by atoms with Crippen LogP contribution < -0.4 is 10.6 Å². The predicted octanol–water partition coefficient (Wildman–Crippen LogP) is 3.97. The molecule has 0 saturated carbocycles. The van der Waals surface area contributed by atoms with Gasteiger partial charge in [-0.25, -0.2) is 0 Å². The molecule has 2 amide bonds. The Morgan fingerprint density at radius 3 is 2.04 bits per heavy atom. The first-order valence-electron chi connectivity index (χ1n) is 8.89. The van der Waals surface area contributed by atoms with Gasteiger partial charge in [0.1, 0.15) is 6.04 Å². The van der Waals surface area contributed by atoms with E-state index in [0.29, 0.717) is 17.7 Å². The Kier molecular flexibility index (Phi) is 6.00. The van der Waals surface area contributed by atoms with Crippen molar-refractivity contribution in [2.75, 3.05) is 5.32 Å². The smallest absolute Gasteiger partial charge is 0.251 e. The molecule has 136 valence electrons. The molecule has 1 atom stereocenters. The van der Waals surface area contributed by atoms with Gasteiger partial charge in [0.05, 0.1) is 0 Å². The van der Waals surface area contributed by atoms with Crippen LogP contribution in [0, 0.1) is 6.92 Å². The number of hydrogen-bond acceptors (Lipinski definition) is 2. The summed E-state index contributed by atoms with van der Waals surface area (Å²) in [6.07, 6.45) is 0.414. The molecule has 0 saturated heterocycles. The topological polar surface area (TPSA) is 58.2 Å². The number of rotatable bonds is 6. The Morgan fingerprint density at radius 2 is 1.41 bits per heavy atom. The van der Waals surface area contributed by atoms with Gasteiger partial charge in [-0.3, -0.25) is 9.59 Å². The second kappa shape index (κ2) is 8.81. The first kappa shape index (κ1) is 18.4. The van der Waals surface area contributed by atoms with Crippen LogP contribution in [0.15, 0.2) is 84.9 Å². The van der Waals surface area contributed by atoms with Crippen LogP contribution in [0.2, 0.25) is 0 Å². The van der Waals surface area contributed by atoms with E-state index in [0.717, 1.165) is 11.1 Å². The van der Waals surface area contributed by atoms with Gasteiger partial charge in [0.2, 0.25) is 5.91 Å². The molecule has 3 aromatic carbocycles. The summed E-state index contributed by atoms with van der Waals surface area (Å²) in [6.45, 7) is 1.99. The monoisotopic (exact) mass is 358 g/mol. The van der Waals surface area contributed by atoms with Crippen LogP contribution >= 0.6 is 0 Å². The van der Waals surface area contributed by atoms with Crippen LogP contribution in [0.1, 0.15) is 21.5 Å². The summed E-state index contributed by atoms with van der Waals surface area (Å²) in [6, 6.07) is 25.5. The lowest BCUT2D eigenvalue weighted by Crippen LogP contribution is -2.45. The van der Waals surface area contributed by atoms with E-state index in [-0.39, 0.29) is 11.8 Å². The lowest BCUT2D eigenvalue weighted by atomic mass is 10.0. The second-order valence-electron chi connectivity index (χ2n) is 6.44. The molecular formula is C23H22N2O2. The van der Waals surface area contributed by atoms with Gasteiger partial charge >= 0.3 is 0 Å². The van der Waals surface area contributed by atoms with E-state index < -0.39 is 6.04 Å². The maximum absolute atomic E-state index is 12.8. The second-order valence-corrected chi connectivity index (χ2v) is 6.44. The standard InChI is InChI=1S/C23H22N2O2/c1-17-12-14-20(15-13-17)24-23(27)21(16-18-8-4-2-5-9-18)25-22(26)19-10-6-3-7-11-19/h2-15,21H,16H2,1H3,(H,24,27)(H,25,26)/t21-/m1/s1. The van der Waals surface area contributed by atoms with Crippen LogP contribution in [0.4, 0.5) is 5.69 Å². The number of benzene rings is 3. The summed E-state index contributed by atoms with van der Waals surface area (Å²) in [5, 5.41) is 5.75. The molecule has 4 heteroatoms. The number of carbonyl (C=O) groups is 2. The van der Waals surface area contributed by atoms with E-state index in [9.17, 15) is 9.59 Å². The van der Waals surface area contributed by atoms with Crippen molar-refractivity contribution in [3.63, 3.8) is 0 Å². The zero-order valence-corrected chi connectivity index (χ0v) is 15.2. The Labute approximate surface area is 159 Å². The highest BCUT2D eigenvalue weighted by Gasteiger charge is 2.22. The highest BCUT2D eigenvalue weighted by atomic mass is 16.2. The van der Waals surface area contributed by atoms with E-state index in [1.165, 1.54) is 0 Å². The lowest BCUT2D eigenvalue weighted by Gasteiger charge is -2.19. The minimum atomic E-state index is -0.679. The summed E-state index contributed by atoms with van der Waals surface area (Å²) in [5.41, 5.74) is 3.33. The van der Waals surface area contributed by atoms with E-state index in [2.05, 4.69) is 10.6 Å². The summed E-state index contributed by atoms with van der Waals surface area (Å²) >= 11 is 0. The van der Waals surface area contributed by atoms with Crippen LogP contribution in [0.5, 0.6) is 0 Å². The van der Waals surface area contributed by atoms with Gasteiger partial charge in [0.25, 0.3) is 5.91 Å². The van der Waals surface area contributed by atoms with Crippen LogP contribution in [0.25, 0.3) is 0 Å². The normalized spacial score (nSPS) is 11.4.